The van der Waals surface area contributed by atoms with Gasteiger partial charge >= 0.3 is 0 Å². The summed E-state index contributed by atoms with van der Waals surface area (Å²) in [5.74, 6) is -0.337. The number of nitro benzene ring substituents is 1. The standard InChI is InChI=1S/C23H20N4O5/c1-16-7-10-18(13-21(16)27(30)31)23(29)26-24-14-17-8-11-20(12-9-17)32-15-22(28)25-19-5-3-2-4-6-19/h2-14H,15H2,1H3,(H,25,28)(H,26,29)/b24-14-. The lowest BCUT2D eigenvalue weighted by Gasteiger charge is -2.07. The zero-order valence-electron chi connectivity index (χ0n) is 17.1. The van der Waals surface area contributed by atoms with Gasteiger partial charge in [0.15, 0.2) is 6.61 Å². The van der Waals surface area contributed by atoms with E-state index in [0.29, 0.717) is 22.6 Å². The summed E-state index contributed by atoms with van der Waals surface area (Å²) in [5, 5.41) is 17.6. The van der Waals surface area contributed by atoms with Gasteiger partial charge in [0.2, 0.25) is 0 Å². The second kappa shape index (κ2) is 10.5. The molecule has 0 heterocycles. The van der Waals surface area contributed by atoms with E-state index in [4.69, 9.17) is 4.74 Å². The molecule has 0 aliphatic carbocycles. The highest BCUT2D eigenvalue weighted by atomic mass is 16.6. The number of hydrazone groups is 1. The Balaban J connectivity index is 1.50. The largest absolute Gasteiger partial charge is 0.484 e. The molecule has 0 fully saturated rings. The summed E-state index contributed by atoms with van der Waals surface area (Å²) in [6.45, 7) is 1.46. The Morgan fingerprint density at radius 1 is 1.06 bits per heavy atom. The Bertz CT molecular complexity index is 1140. The van der Waals surface area contributed by atoms with Crippen LogP contribution >= 0.6 is 0 Å². The predicted octanol–water partition coefficient (Wildman–Crippen LogP) is 3.68. The Hall–Kier alpha value is -4.53. The summed E-state index contributed by atoms with van der Waals surface area (Å²) >= 11 is 0. The van der Waals surface area contributed by atoms with Gasteiger partial charge in [0.1, 0.15) is 5.75 Å². The molecule has 9 heteroatoms. The maximum Gasteiger partial charge on any atom is 0.273 e. The topological polar surface area (TPSA) is 123 Å². The average Bonchev–Trinajstić information content (AvgIpc) is 2.79. The van der Waals surface area contributed by atoms with Gasteiger partial charge in [0.25, 0.3) is 17.5 Å². The van der Waals surface area contributed by atoms with Crippen LogP contribution in [0.15, 0.2) is 77.9 Å². The van der Waals surface area contributed by atoms with E-state index in [2.05, 4.69) is 15.8 Å². The average molecular weight is 432 g/mol. The van der Waals surface area contributed by atoms with Crippen LogP contribution in [0.3, 0.4) is 0 Å². The molecule has 0 atom stereocenters. The van der Waals surface area contributed by atoms with E-state index in [-0.39, 0.29) is 23.8 Å². The molecule has 3 aromatic carbocycles. The molecule has 32 heavy (non-hydrogen) atoms. The number of nitrogens with one attached hydrogen (secondary N) is 2. The third-order valence-corrected chi connectivity index (χ3v) is 4.36. The van der Waals surface area contributed by atoms with Crippen molar-refractivity contribution in [3.63, 3.8) is 0 Å². The highest BCUT2D eigenvalue weighted by Crippen LogP contribution is 2.19. The maximum atomic E-state index is 12.1. The zero-order valence-corrected chi connectivity index (χ0v) is 17.1. The van der Waals surface area contributed by atoms with Crippen LogP contribution in [0.1, 0.15) is 21.5 Å². The molecular weight excluding hydrogens is 412 g/mol. The molecule has 0 bridgehead atoms. The number of anilines is 1. The van der Waals surface area contributed by atoms with E-state index in [9.17, 15) is 19.7 Å². The first-order chi connectivity index (χ1) is 15.4. The van der Waals surface area contributed by atoms with Gasteiger partial charge in [-0.15, -0.1) is 0 Å². The molecule has 0 aromatic heterocycles. The lowest BCUT2D eigenvalue weighted by molar-refractivity contribution is -0.385. The number of para-hydroxylation sites is 1. The third-order valence-electron chi connectivity index (χ3n) is 4.36. The Kier molecular flexibility index (Phi) is 7.26. The van der Waals surface area contributed by atoms with Crippen molar-refractivity contribution >= 4 is 29.4 Å². The normalized spacial score (nSPS) is 10.5. The molecule has 0 spiro atoms. The van der Waals surface area contributed by atoms with E-state index < -0.39 is 10.8 Å². The number of hydrogen-bond acceptors (Lipinski definition) is 6. The number of benzene rings is 3. The molecule has 0 saturated carbocycles. The van der Waals surface area contributed by atoms with Gasteiger partial charge in [0.05, 0.1) is 11.1 Å². The molecule has 2 N–H and O–H groups in total. The highest BCUT2D eigenvalue weighted by molar-refractivity contribution is 5.95. The fourth-order valence-electron chi connectivity index (χ4n) is 2.69. The van der Waals surface area contributed by atoms with E-state index in [0.717, 1.165) is 0 Å². The predicted molar refractivity (Wildman–Crippen MR) is 120 cm³/mol. The molecule has 0 aliphatic heterocycles. The molecule has 2 amide bonds. The molecule has 3 rings (SSSR count). The van der Waals surface area contributed by atoms with E-state index in [1.165, 1.54) is 24.4 Å². The number of aryl methyl sites for hydroxylation is 1. The summed E-state index contributed by atoms with van der Waals surface area (Å²) < 4.78 is 5.45. The van der Waals surface area contributed by atoms with E-state index in [1.54, 1.807) is 43.3 Å². The van der Waals surface area contributed by atoms with Gasteiger partial charge < -0.3 is 10.1 Å². The minimum absolute atomic E-state index is 0.130. The van der Waals surface area contributed by atoms with Crippen molar-refractivity contribution in [1.29, 1.82) is 0 Å². The summed E-state index contributed by atoms with van der Waals surface area (Å²) in [7, 11) is 0. The quantitative estimate of drug-likeness (QED) is 0.319. The van der Waals surface area contributed by atoms with Gasteiger partial charge in [-0.2, -0.15) is 5.10 Å². The fraction of sp³-hybridized carbons (Fsp3) is 0.0870. The number of nitrogens with zero attached hydrogens (tertiary/aromatic N) is 2. The molecule has 9 nitrogen and oxygen atoms in total. The number of nitro groups is 1. The second-order valence-electron chi connectivity index (χ2n) is 6.73. The van der Waals surface area contributed by atoms with Crippen LogP contribution in [0.4, 0.5) is 11.4 Å². The maximum absolute atomic E-state index is 12.1. The molecule has 162 valence electrons. The van der Waals surface area contributed by atoms with Crippen molar-refractivity contribution < 1.29 is 19.2 Å². The molecule has 3 aromatic rings. The number of rotatable bonds is 8. The first-order valence-corrected chi connectivity index (χ1v) is 9.58. The summed E-state index contributed by atoms with van der Waals surface area (Å²) in [5.41, 5.74) is 4.18. The Labute approximate surface area is 183 Å². The van der Waals surface area contributed by atoms with Gasteiger partial charge in [-0.3, -0.25) is 19.7 Å². The van der Waals surface area contributed by atoms with E-state index in [1.807, 2.05) is 18.2 Å². The summed E-state index contributed by atoms with van der Waals surface area (Å²) in [6.07, 6.45) is 1.42. The molecule has 0 saturated heterocycles. The van der Waals surface area contributed by atoms with Crippen molar-refractivity contribution in [2.24, 2.45) is 5.10 Å². The van der Waals surface area contributed by atoms with Crippen molar-refractivity contribution in [1.82, 2.24) is 5.43 Å². The highest BCUT2D eigenvalue weighted by Gasteiger charge is 2.14. The number of hydrogen-bond donors (Lipinski definition) is 2. The fourth-order valence-corrected chi connectivity index (χ4v) is 2.69. The Morgan fingerprint density at radius 3 is 2.47 bits per heavy atom. The van der Waals surface area contributed by atoms with Crippen LogP contribution in [-0.4, -0.2) is 29.6 Å². The molecular formula is C23H20N4O5. The monoisotopic (exact) mass is 432 g/mol. The Morgan fingerprint density at radius 2 is 1.78 bits per heavy atom. The lowest BCUT2D eigenvalue weighted by atomic mass is 10.1. The van der Waals surface area contributed by atoms with Crippen molar-refractivity contribution in [3.8, 4) is 5.75 Å². The second-order valence-corrected chi connectivity index (χ2v) is 6.73. The SMILES string of the molecule is Cc1ccc(C(=O)N/N=C\c2ccc(OCC(=O)Nc3ccccc3)cc2)cc1[N+](=O)[O-]. The van der Waals surface area contributed by atoms with Crippen LogP contribution in [0.25, 0.3) is 0 Å². The van der Waals surface area contributed by atoms with E-state index >= 15 is 0 Å². The molecule has 0 aliphatic rings. The first-order valence-electron chi connectivity index (χ1n) is 9.58. The van der Waals surface area contributed by atoms with Gasteiger partial charge in [-0.25, -0.2) is 5.43 Å². The third kappa shape index (κ3) is 6.23. The van der Waals surface area contributed by atoms with Crippen molar-refractivity contribution in [3.05, 3.63) is 99.6 Å². The number of ether oxygens (including phenoxy) is 1. The van der Waals surface area contributed by atoms with Crippen LogP contribution < -0.4 is 15.5 Å². The number of carbonyl (C=O) groups excluding carboxylic acids is 2. The molecule has 0 unspecified atom stereocenters. The van der Waals surface area contributed by atoms with Crippen LogP contribution in [0, 0.1) is 17.0 Å². The van der Waals surface area contributed by atoms with Crippen molar-refractivity contribution in [2.75, 3.05) is 11.9 Å². The van der Waals surface area contributed by atoms with Gasteiger partial charge in [0, 0.05) is 22.9 Å². The van der Waals surface area contributed by atoms with Crippen molar-refractivity contribution in [2.45, 2.75) is 6.92 Å². The minimum atomic E-state index is -0.561. The van der Waals surface area contributed by atoms with Crippen LogP contribution in [-0.2, 0) is 4.79 Å². The zero-order chi connectivity index (χ0) is 22.9. The number of carbonyl (C=O) groups is 2. The minimum Gasteiger partial charge on any atom is -0.484 e. The lowest BCUT2D eigenvalue weighted by Crippen LogP contribution is -2.20. The summed E-state index contributed by atoms with van der Waals surface area (Å²) in [4.78, 5) is 34.5. The summed E-state index contributed by atoms with van der Waals surface area (Å²) in [6, 6.07) is 20.0. The smallest absolute Gasteiger partial charge is 0.273 e. The number of amides is 2. The van der Waals surface area contributed by atoms with Crippen LogP contribution in [0.2, 0.25) is 0 Å². The van der Waals surface area contributed by atoms with Gasteiger partial charge in [-0.05, 0) is 55.0 Å². The van der Waals surface area contributed by atoms with Crippen LogP contribution in [0.5, 0.6) is 5.75 Å². The first kappa shape index (κ1) is 22.2. The van der Waals surface area contributed by atoms with Gasteiger partial charge in [-0.1, -0.05) is 24.3 Å². The molecule has 0 radical (unpaired) electrons.